The number of primary amides is 1. The molecule has 0 fully saturated rings. The van der Waals surface area contributed by atoms with E-state index < -0.39 is 11.9 Å². The van der Waals surface area contributed by atoms with Gasteiger partial charge in [-0.05, 0) is 43.5 Å². The number of aromatic nitrogens is 3. The largest absolute Gasteiger partial charge is 0.493 e. The third kappa shape index (κ3) is 5.45. The van der Waals surface area contributed by atoms with Gasteiger partial charge in [0.05, 0.1) is 12.7 Å². The summed E-state index contributed by atoms with van der Waals surface area (Å²) in [5, 5.41) is 8.55. The summed E-state index contributed by atoms with van der Waals surface area (Å²) in [6.45, 7) is 6.45. The highest BCUT2D eigenvalue weighted by molar-refractivity contribution is 7.99. The molecule has 8 nitrogen and oxygen atoms in total. The topological polar surface area (TPSA) is 104 Å². The molecular formula is C26H31N5O3S. The van der Waals surface area contributed by atoms with Crippen molar-refractivity contribution >= 4 is 23.6 Å². The van der Waals surface area contributed by atoms with Gasteiger partial charge in [0, 0.05) is 11.4 Å². The minimum absolute atomic E-state index is 0.417. The number of ether oxygens (including phenoxy) is 2. The zero-order valence-electron chi connectivity index (χ0n) is 20.5. The predicted octanol–water partition coefficient (Wildman–Crippen LogP) is 4.84. The second kappa shape index (κ2) is 10.9. The summed E-state index contributed by atoms with van der Waals surface area (Å²) in [7, 11) is 1.60. The maximum Gasteiger partial charge on any atom is 0.248 e. The SMILES string of the molecule is CCCCSc1nc2n(n1)C(c1ccc(OCc3ccc(C)cc3)c(OC)c1)C(C(N)=O)=C(C)N2. The zero-order chi connectivity index (χ0) is 24.9. The van der Waals surface area contributed by atoms with E-state index in [4.69, 9.17) is 20.3 Å². The van der Waals surface area contributed by atoms with Crippen molar-refractivity contribution in [3.05, 3.63) is 70.4 Å². The molecule has 0 saturated carbocycles. The molecule has 1 aliphatic heterocycles. The Kier molecular flexibility index (Phi) is 7.65. The number of methoxy groups -OCH3 is 1. The standard InChI is InChI=1S/C26H31N5O3S/c1-5-6-13-35-26-29-25-28-17(3)22(24(27)32)23(31(25)30-26)19-11-12-20(21(14-19)33-4)34-15-18-9-7-16(2)8-10-18/h7-12,14,23H,5-6,13,15H2,1-4H3,(H2,27,32)(H,28,29,30). The number of carbonyl (C=O) groups is 1. The number of carbonyl (C=O) groups excluding carboxylic acids is 1. The maximum absolute atomic E-state index is 12.5. The van der Waals surface area contributed by atoms with Gasteiger partial charge in [0.2, 0.25) is 17.0 Å². The van der Waals surface area contributed by atoms with Crippen molar-refractivity contribution in [3.63, 3.8) is 0 Å². The summed E-state index contributed by atoms with van der Waals surface area (Å²) in [5.74, 6) is 2.17. The van der Waals surface area contributed by atoms with E-state index >= 15 is 0 Å². The molecule has 0 saturated heterocycles. The first-order valence-corrected chi connectivity index (χ1v) is 12.6. The summed E-state index contributed by atoms with van der Waals surface area (Å²) in [6, 6.07) is 13.3. The molecule has 3 aromatic rings. The highest BCUT2D eigenvalue weighted by atomic mass is 32.2. The molecule has 184 valence electrons. The molecule has 0 bridgehead atoms. The fourth-order valence-corrected chi connectivity index (χ4v) is 4.86. The number of nitrogens with zero attached hydrogens (tertiary/aromatic N) is 3. The Balaban J connectivity index is 1.66. The van der Waals surface area contributed by atoms with Crippen molar-refractivity contribution in [3.8, 4) is 11.5 Å². The third-order valence-electron chi connectivity index (χ3n) is 5.85. The summed E-state index contributed by atoms with van der Waals surface area (Å²) in [5.41, 5.74) is 9.97. The van der Waals surface area contributed by atoms with Gasteiger partial charge in [-0.1, -0.05) is 61.0 Å². The monoisotopic (exact) mass is 493 g/mol. The number of anilines is 1. The lowest BCUT2D eigenvalue weighted by molar-refractivity contribution is -0.115. The molecule has 0 aliphatic carbocycles. The van der Waals surface area contributed by atoms with Gasteiger partial charge in [-0.2, -0.15) is 4.98 Å². The van der Waals surface area contributed by atoms with Crippen molar-refractivity contribution in [2.24, 2.45) is 5.73 Å². The second-order valence-corrected chi connectivity index (χ2v) is 9.54. The molecule has 0 radical (unpaired) electrons. The molecule has 2 aromatic carbocycles. The molecule has 2 heterocycles. The molecule has 1 atom stereocenters. The maximum atomic E-state index is 12.5. The number of rotatable bonds is 10. The van der Waals surface area contributed by atoms with Gasteiger partial charge in [-0.25, -0.2) is 4.68 Å². The Morgan fingerprint density at radius 3 is 2.63 bits per heavy atom. The van der Waals surface area contributed by atoms with Crippen molar-refractivity contribution < 1.29 is 14.3 Å². The van der Waals surface area contributed by atoms with E-state index in [0.717, 1.165) is 29.7 Å². The van der Waals surface area contributed by atoms with Crippen LogP contribution >= 0.6 is 11.8 Å². The van der Waals surface area contributed by atoms with E-state index in [9.17, 15) is 4.79 Å². The van der Waals surface area contributed by atoms with Crippen LogP contribution in [0.1, 0.15) is 49.4 Å². The molecule has 1 amide bonds. The summed E-state index contributed by atoms with van der Waals surface area (Å²) in [4.78, 5) is 17.1. The quantitative estimate of drug-likeness (QED) is 0.308. The Labute approximate surface area is 209 Å². The van der Waals surface area contributed by atoms with Crippen LogP contribution in [0.25, 0.3) is 0 Å². The van der Waals surface area contributed by atoms with Gasteiger partial charge in [-0.3, -0.25) is 4.79 Å². The molecule has 9 heteroatoms. The molecule has 1 aliphatic rings. The summed E-state index contributed by atoms with van der Waals surface area (Å²) in [6.07, 6.45) is 2.18. The van der Waals surface area contributed by atoms with Gasteiger partial charge >= 0.3 is 0 Å². The number of allylic oxidation sites excluding steroid dienone is 1. The van der Waals surface area contributed by atoms with E-state index in [1.165, 1.54) is 5.56 Å². The van der Waals surface area contributed by atoms with Crippen LogP contribution in [-0.2, 0) is 11.4 Å². The van der Waals surface area contributed by atoms with Gasteiger partial charge in [-0.15, -0.1) is 5.10 Å². The van der Waals surface area contributed by atoms with Gasteiger partial charge in [0.1, 0.15) is 12.6 Å². The fraction of sp³-hybridized carbons (Fsp3) is 0.346. The minimum atomic E-state index is -0.531. The first kappa shape index (κ1) is 24.7. The average molecular weight is 494 g/mol. The molecule has 3 N–H and O–H groups in total. The molecule has 1 aromatic heterocycles. The Morgan fingerprint density at radius 2 is 1.94 bits per heavy atom. The number of thioether (sulfide) groups is 1. The minimum Gasteiger partial charge on any atom is -0.493 e. The lowest BCUT2D eigenvalue weighted by Crippen LogP contribution is -2.31. The van der Waals surface area contributed by atoms with Crippen LogP contribution in [0.4, 0.5) is 5.95 Å². The van der Waals surface area contributed by atoms with E-state index in [1.807, 2.05) is 37.3 Å². The number of hydrogen-bond acceptors (Lipinski definition) is 7. The van der Waals surface area contributed by atoms with E-state index in [-0.39, 0.29) is 0 Å². The molecule has 35 heavy (non-hydrogen) atoms. The van der Waals surface area contributed by atoms with Crippen LogP contribution in [0, 0.1) is 6.92 Å². The van der Waals surface area contributed by atoms with Gasteiger partial charge < -0.3 is 20.5 Å². The van der Waals surface area contributed by atoms with Crippen molar-refractivity contribution in [1.82, 2.24) is 14.8 Å². The molecular weight excluding hydrogens is 462 g/mol. The van der Waals surface area contributed by atoms with Crippen LogP contribution in [-0.4, -0.2) is 33.5 Å². The normalized spacial score (nSPS) is 14.9. The van der Waals surface area contributed by atoms with Crippen molar-refractivity contribution in [1.29, 1.82) is 0 Å². The first-order valence-electron chi connectivity index (χ1n) is 11.6. The van der Waals surface area contributed by atoms with E-state index in [1.54, 1.807) is 23.6 Å². The lowest BCUT2D eigenvalue weighted by atomic mass is 9.95. The third-order valence-corrected chi connectivity index (χ3v) is 6.77. The first-order chi connectivity index (χ1) is 16.9. The lowest BCUT2D eigenvalue weighted by Gasteiger charge is -2.28. The number of aryl methyl sites for hydroxylation is 1. The van der Waals surface area contributed by atoms with Gasteiger partial charge in [0.25, 0.3) is 0 Å². The van der Waals surface area contributed by atoms with Crippen LogP contribution in [0.15, 0.2) is 58.9 Å². The number of nitrogens with two attached hydrogens (primary N) is 1. The zero-order valence-corrected chi connectivity index (χ0v) is 21.3. The number of benzene rings is 2. The second-order valence-electron chi connectivity index (χ2n) is 8.48. The van der Waals surface area contributed by atoms with Crippen molar-refractivity contribution in [2.45, 2.75) is 51.4 Å². The molecule has 0 spiro atoms. The smallest absolute Gasteiger partial charge is 0.248 e. The average Bonchev–Trinajstić information content (AvgIpc) is 3.25. The van der Waals surface area contributed by atoms with Crippen molar-refractivity contribution in [2.75, 3.05) is 18.2 Å². The fourth-order valence-electron chi connectivity index (χ4n) is 3.95. The van der Waals surface area contributed by atoms with Crippen LogP contribution in [0.2, 0.25) is 0 Å². The molecule has 4 rings (SSSR count). The van der Waals surface area contributed by atoms with E-state index in [0.29, 0.717) is 40.5 Å². The van der Waals surface area contributed by atoms with Gasteiger partial charge in [0.15, 0.2) is 11.5 Å². The van der Waals surface area contributed by atoms with Crippen LogP contribution in [0.3, 0.4) is 0 Å². The number of amides is 1. The predicted molar refractivity (Wildman–Crippen MR) is 138 cm³/mol. The Bertz CT molecular complexity index is 1240. The highest BCUT2D eigenvalue weighted by Gasteiger charge is 2.33. The van der Waals surface area contributed by atoms with E-state index in [2.05, 4.69) is 36.3 Å². The summed E-state index contributed by atoms with van der Waals surface area (Å²) < 4.78 is 13.4. The Morgan fingerprint density at radius 1 is 1.17 bits per heavy atom. The highest BCUT2D eigenvalue weighted by Crippen LogP contribution is 2.39. The molecule has 1 unspecified atom stereocenters. The Hall–Kier alpha value is -3.46. The summed E-state index contributed by atoms with van der Waals surface area (Å²) >= 11 is 1.60. The number of unbranched alkanes of at least 4 members (excludes halogenated alkanes) is 1. The van der Waals surface area contributed by atoms with Crippen LogP contribution in [0.5, 0.6) is 11.5 Å². The number of fused-ring (bicyclic) bond motifs is 1. The number of hydrogen-bond donors (Lipinski definition) is 2. The number of nitrogens with one attached hydrogen (secondary N) is 1. The van der Waals surface area contributed by atoms with Crippen LogP contribution < -0.4 is 20.5 Å².